The van der Waals surface area contributed by atoms with Crippen molar-refractivity contribution in [2.24, 2.45) is 0 Å². The van der Waals surface area contributed by atoms with Crippen LogP contribution in [0, 0.1) is 0 Å². The van der Waals surface area contributed by atoms with E-state index in [0.29, 0.717) is 19.6 Å². The maximum Gasteiger partial charge on any atom is 0.288 e. The minimum absolute atomic E-state index is 0.0340. The Morgan fingerprint density at radius 1 is 1.19 bits per heavy atom. The summed E-state index contributed by atoms with van der Waals surface area (Å²) >= 11 is 0. The molecule has 5 heteroatoms. The second-order valence-electron chi connectivity index (χ2n) is 5.72. The molecule has 0 radical (unpaired) electrons. The molecule has 0 aromatic heterocycles. The molecule has 3 rings (SSSR count). The van der Waals surface area contributed by atoms with E-state index >= 15 is 0 Å². The third kappa shape index (κ3) is 2.71. The number of imide groups is 1. The molecule has 2 saturated heterocycles. The lowest BCUT2D eigenvalue weighted by molar-refractivity contribution is -0.922. The monoisotopic (exact) mass is 289 g/mol. The van der Waals surface area contributed by atoms with E-state index in [0.717, 1.165) is 18.7 Å². The Morgan fingerprint density at radius 2 is 1.86 bits per heavy atom. The quantitative estimate of drug-likeness (QED) is 0.784. The molecule has 2 heterocycles. The number of benzene rings is 1. The predicted molar refractivity (Wildman–Crippen MR) is 76.6 cm³/mol. The van der Waals surface area contributed by atoms with Gasteiger partial charge in [-0.3, -0.25) is 14.5 Å². The van der Waals surface area contributed by atoms with Crippen LogP contribution in [0.3, 0.4) is 0 Å². The van der Waals surface area contributed by atoms with Gasteiger partial charge in [0.05, 0.1) is 25.7 Å². The van der Waals surface area contributed by atoms with E-state index in [2.05, 4.69) is 0 Å². The molecule has 1 aromatic carbocycles. The van der Waals surface area contributed by atoms with E-state index < -0.39 is 0 Å². The fourth-order valence-electron chi connectivity index (χ4n) is 3.24. The van der Waals surface area contributed by atoms with Crippen molar-refractivity contribution in [3.05, 3.63) is 35.9 Å². The Bertz CT molecular complexity index is 526. The number of morpholine rings is 1. The largest absolute Gasteiger partial charge is 0.370 e. The van der Waals surface area contributed by atoms with Crippen LogP contribution in [0.5, 0.6) is 0 Å². The van der Waals surface area contributed by atoms with E-state index in [4.69, 9.17) is 4.74 Å². The van der Waals surface area contributed by atoms with Crippen molar-refractivity contribution in [1.29, 1.82) is 0 Å². The lowest BCUT2D eigenvalue weighted by atomic mass is 10.1. The average Bonchev–Trinajstić information content (AvgIpc) is 2.83. The van der Waals surface area contributed by atoms with Crippen molar-refractivity contribution in [1.82, 2.24) is 4.90 Å². The van der Waals surface area contributed by atoms with Gasteiger partial charge >= 0.3 is 0 Å². The van der Waals surface area contributed by atoms with E-state index in [-0.39, 0.29) is 23.9 Å². The first-order valence-corrected chi connectivity index (χ1v) is 7.51. The highest BCUT2D eigenvalue weighted by molar-refractivity contribution is 6.05. The van der Waals surface area contributed by atoms with Crippen molar-refractivity contribution in [3.63, 3.8) is 0 Å². The molecule has 1 aromatic rings. The third-order valence-electron chi connectivity index (χ3n) is 4.48. The SMILES string of the molecule is C[C@H](c1ccccc1)N1C(=O)C[C@H]([NH+]2CCOCC2)C1=O. The molecule has 5 nitrogen and oxygen atoms in total. The van der Waals surface area contributed by atoms with Gasteiger partial charge < -0.3 is 9.64 Å². The van der Waals surface area contributed by atoms with Gasteiger partial charge in [-0.2, -0.15) is 0 Å². The van der Waals surface area contributed by atoms with Gasteiger partial charge in [0.25, 0.3) is 5.91 Å². The highest BCUT2D eigenvalue weighted by atomic mass is 16.5. The zero-order valence-corrected chi connectivity index (χ0v) is 12.2. The van der Waals surface area contributed by atoms with Crippen LogP contribution in [0.1, 0.15) is 24.9 Å². The van der Waals surface area contributed by atoms with Crippen LogP contribution in [0.4, 0.5) is 0 Å². The van der Waals surface area contributed by atoms with Crippen LogP contribution in [-0.4, -0.2) is 49.1 Å². The molecule has 2 amide bonds. The van der Waals surface area contributed by atoms with Crippen LogP contribution in [-0.2, 0) is 14.3 Å². The van der Waals surface area contributed by atoms with Crippen molar-refractivity contribution in [3.8, 4) is 0 Å². The number of nitrogens with one attached hydrogen (secondary N) is 1. The molecule has 0 saturated carbocycles. The Labute approximate surface area is 124 Å². The third-order valence-corrected chi connectivity index (χ3v) is 4.48. The maximum absolute atomic E-state index is 12.7. The number of amides is 2. The van der Waals surface area contributed by atoms with Crippen molar-refractivity contribution in [2.45, 2.75) is 25.4 Å². The van der Waals surface area contributed by atoms with E-state index in [1.165, 1.54) is 9.80 Å². The molecule has 112 valence electrons. The van der Waals surface area contributed by atoms with Crippen molar-refractivity contribution < 1.29 is 19.2 Å². The second-order valence-corrected chi connectivity index (χ2v) is 5.72. The van der Waals surface area contributed by atoms with Crippen molar-refractivity contribution in [2.75, 3.05) is 26.3 Å². The van der Waals surface area contributed by atoms with E-state index in [1.54, 1.807) is 0 Å². The number of rotatable bonds is 3. The Balaban J connectivity index is 1.77. The topological polar surface area (TPSA) is 51.1 Å². The number of hydrogen-bond acceptors (Lipinski definition) is 3. The normalized spacial score (nSPS) is 25.4. The molecule has 21 heavy (non-hydrogen) atoms. The smallest absolute Gasteiger partial charge is 0.288 e. The summed E-state index contributed by atoms with van der Waals surface area (Å²) in [6.07, 6.45) is 0.325. The fourth-order valence-corrected chi connectivity index (χ4v) is 3.24. The predicted octanol–water partition coefficient (Wildman–Crippen LogP) is -0.210. The molecule has 0 aliphatic carbocycles. The zero-order chi connectivity index (χ0) is 14.8. The second kappa shape index (κ2) is 5.95. The Morgan fingerprint density at radius 3 is 2.52 bits per heavy atom. The van der Waals surface area contributed by atoms with Gasteiger partial charge in [-0.15, -0.1) is 0 Å². The van der Waals surface area contributed by atoms with Gasteiger partial charge in [0.15, 0.2) is 6.04 Å². The van der Waals surface area contributed by atoms with E-state index in [9.17, 15) is 9.59 Å². The fraction of sp³-hybridized carbons (Fsp3) is 0.500. The Hall–Kier alpha value is -1.72. The highest BCUT2D eigenvalue weighted by Gasteiger charge is 2.47. The van der Waals surface area contributed by atoms with E-state index in [1.807, 2.05) is 37.3 Å². The highest BCUT2D eigenvalue weighted by Crippen LogP contribution is 2.25. The molecular weight excluding hydrogens is 268 g/mol. The standard InChI is InChI=1S/C16H20N2O3/c1-12(13-5-3-2-4-6-13)18-15(19)11-14(16(18)20)17-7-9-21-10-8-17/h2-6,12,14H,7-11H2,1H3/p+1/t12-,14+/m1/s1. The van der Waals surface area contributed by atoms with Crippen LogP contribution in [0.15, 0.2) is 30.3 Å². The number of hydrogen-bond donors (Lipinski definition) is 1. The summed E-state index contributed by atoms with van der Waals surface area (Å²) in [6.45, 7) is 4.86. The summed E-state index contributed by atoms with van der Waals surface area (Å²) in [7, 11) is 0. The first-order chi connectivity index (χ1) is 10.2. The van der Waals surface area contributed by atoms with Crippen molar-refractivity contribution >= 4 is 11.8 Å². The molecular formula is C16H21N2O3+. The lowest BCUT2D eigenvalue weighted by Gasteiger charge is -2.28. The molecule has 0 bridgehead atoms. The summed E-state index contributed by atoms with van der Waals surface area (Å²) < 4.78 is 5.33. The number of quaternary nitrogens is 1. The minimum Gasteiger partial charge on any atom is -0.370 e. The molecule has 2 fully saturated rings. The molecule has 0 spiro atoms. The Kier molecular flexibility index (Phi) is 4.03. The summed E-state index contributed by atoms with van der Waals surface area (Å²) in [5, 5.41) is 0. The lowest BCUT2D eigenvalue weighted by Crippen LogP contribution is -3.18. The van der Waals surface area contributed by atoms with Gasteiger partial charge in [-0.1, -0.05) is 30.3 Å². The summed E-state index contributed by atoms with van der Waals surface area (Å²) in [4.78, 5) is 27.6. The molecule has 2 atom stereocenters. The number of likely N-dealkylation sites (tertiary alicyclic amines) is 1. The number of nitrogens with zero attached hydrogens (tertiary/aromatic N) is 1. The van der Waals surface area contributed by atoms with Crippen LogP contribution in [0.25, 0.3) is 0 Å². The first kappa shape index (κ1) is 14.2. The summed E-state index contributed by atoms with van der Waals surface area (Å²) in [5.74, 6) is -0.0893. The molecule has 0 unspecified atom stereocenters. The molecule has 2 aliphatic heterocycles. The van der Waals surface area contributed by atoms with Gasteiger partial charge in [0, 0.05) is 0 Å². The van der Waals surface area contributed by atoms with Gasteiger partial charge in [0.2, 0.25) is 5.91 Å². The first-order valence-electron chi connectivity index (χ1n) is 7.51. The van der Waals surface area contributed by atoms with Gasteiger partial charge in [-0.25, -0.2) is 0 Å². The molecule has 1 N–H and O–H groups in total. The number of carbonyl (C=O) groups excluding carboxylic acids is 2. The minimum atomic E-state index is -0.229. The van der Waals surface area contributed by atoms with Gasteiger partial charge in [-0.05, 0) is 12.5 Å². The number of ether oxygens (including phenoxy) is 1. The maximum atomic E-state index is 12.7. The summed E-state index contributed by atoms with van der Waals surface area (Å²) in [5.41, 5.74) is 0.997. The zero-order valence-electron chi connectivity index (χ0n) is 12.2. The van der Waals surface area contributed by atoms with Gasteiger partial charge in [0.1, 0.15) is 13.1 Å². The molecule has 2 aliphatic rings. The van der Waals surface area contributed by atoms with Crippen LogP contribution < -0.4 is 4.90 Å². The number of carbonyl (C=O) groups is 2. The summed E-state index contributed by atoms with van der Waals surface area (Å²) in [6, 6.07) is 9.29. The van der Waals surface area contributed by atoms with Crippen LogP contribution >= 0.6 is 0 Å². The average molecular weight is 289 g/mol. The van der Waals surface area contributed by atoms with Crippen LogP contribution in [0.2, 0.25) is 0 Å².